The van der Waals surface area contributed by atoms with Crippen molar-refractivity contribution < 1.29 is 9.47 Å². The molecule has 2 rings (SSSR count). The number of pyridine rings is 1. The third kappa shape index (κ3) is 4.80. The van der Waals surface area contributed by atoms with Gasteiger partial charge in [-0.15, -0.1) is 0 Å². The highest BCUT2D eigenvalue weighted by atomic mass is 16.5. The predicted molar refractivity (Wildman–Crippen MR) is 75.3 cm³/mol. The number of nitrogens with one attached hydrogen (secondary N) is 1. The van der Waals surface area contributed by atoms with Gasteiger partial charge in [-0.2, -0.15) is 0 Å². The van der Waals surface area contributed by atoms with E-state index in [-0.39, 0.29) is 11.6 Å². The molecule has 0 spiro atoms. The molecule has 0 amide bonds. The minimum atomic E-state index is 0.0850. The van der Waals surface area contributed by atoms with Crippen LogP contribution in [0.4, 0.5) is 0 Å². The molecule has 4 heteroatoms. The molecule has 0 bridgehead atoms. The summed E-state index contributed by atoms with van der Waals surface area (Å²) in [7, 11) is 0. The van der Waals surface area contributed by atoms with E-state index in [1.807, 2.05) is 6.07 Å². The average Bonchev–Trinajstić information content (AvgIpc) is 2.87. The van der Waals surface area contributed by atoms with Crippen molar-refractivity contribution in [2.75, 3.05) is 13.2 Å². The largest absolute Gasteiger partial charge is 0.475 e. The minimum absolute atomic E-state index is 0.0850. The van der Waals surface area contributed by atoms with Crippen molar-refractivity contribution in [2.24, 2.45) is 0 Å². The normalized spacial score (nSPS) is 19.6. The van der Waals surface area contributed by atoms with Gasteiger partial charge in [0.05, 0.1) is 6.10 Å². The van der Waals surface area contributed by atoms with Crippen molar-refractivity contribution in [2.45, 2.75) is 51.8 Å². The highest BCUT2D eigenvalue weighted by Gasteiger charge is 2.17. The van der Waals surface area contributed by atoms with Gasteiger partial charge in [0, 0.05) is 30.5 Å². The first-order valence-corrected chi connectivity index (χ1v) is 6.98. The third-order valence-electron chi connectivity index (χ3n) is 3.09. The second kappa shape index (κ2) is 6.35. The number of aromatic nitrogens is 1. The van der Waals surface area contributed by atoms with Crippen molar-refractivity contribution in [1.29, 1.82) is 0 Å². The van der Waals surface area contributed by atoms with E-state index in [2.05, 4.69) is 37.1 Å². The van der Waals surface area contributed by atoms with Crippen molar-refractivity contribution in [3.05, 3.63) is 23.9 Å². The lowest BCUT2D eigenvalue weighted by molar-refractivity contribution is 0.0659. The fourth-order valence-corrected chi connectivity index (χ4v) is 2.00. The van der Waals surface area contributed by atoms with Gasteiger partial charge in [0.2, 0.25) is 5.88 Å². The Hall–Kier alpha value is -1.13. The molecule has 0 saturated carbocycles. The highest BCUT2D eigenvalue weighted by Crippen LogP contribution is 2.18. The Balaban J connectivity index is 1.91. The van der Waals surface area contributed by atoms with Crippen LogP contribution in [0.3, 0.4) is 0 Å². The number of hydrogen-bond donors (Lipinski definition) is 1. The van der Waals surface area contributed by atoms with Crippen LogP contribution in [0.1, 0.15) is 39.2 Å². The topological polar surface area (TPSA) is 43.4 Å². The van der Waals surface area contributed by atoms with Crippen LogP contribution in [0, 0.1) is 0 Å². The van der Waals surface area contributed by atoms with Crippen LogP contribution in [0.2, 0.25) is 0 Å². The molecule has 106 valence electrons. The first-order chi connectivity index (χ1) is 9.04. The van der Waals surface area contributed by atoms with E-state index in [0.717, 1.165) is 37.4 Å². The summed E-state index contributed by atoms with van der Waals surface area (Å²) in [5.41, 5.74) is 1.18. The van der Waals surface area contributed by atoms with Crippen molar-refractivity contribution in [3.8, 4) is 5.88 Å². The van der Waals surface area contributed by atoms with Gasteiger partial charge in [-0.05, 0) is 39.7 Å². The smallest absolute Gasteiger partial charge is 0.217 e. The quantitative estimate of drug-likeness (QED) is 0.887. The van der Waals surface area contributed by atoms with E-state index in [0.29, 0.717) is 6.61 Å². The van der Waals surface area contributed by atoms with E-state index in [1.165, 1.54) is 0 Å². The Kier molecular flexibility index (Phi) is 4.77. The van der Waals surface area contributed by atoms with Crippen LogP contribution in [-0.2, 0) is 11.3 Å². The lowest BCUT2D eigenvalue weighted by Gasteiger charge is -2.21. The molecule has 2 heterocycles. The van der Waals surface area contributed by atoms with Gasteiger partial charge in [-0.1, -0.05) is 6.07 Å². The van der Waals surface area contributed by atoms with Gasteiger partial charge in [0.15, 0.2) is 0 Å². The Morgan fingerprint density at radius 1 is 1.47 bits per heavy atom. The minimum Gasteiger partial charge on any atom is -0.475 e. The maximum absolute atomic E-state index is 5.81. The molecule has 1 unspecified atom stereocenters. The zero-order chi connectivity index (χ0) is 13.7. The molecule has 1 aromatic rings. The Morgan fingerprint density at radius 2 is 2.32 bits per heavy atom. The van der Waals surface area contributed by atoms with Gasteiger partial charge in [-0.3, -0.25) is 0 Å². The number of ether oxygens (including phenoxy) is 2. The van der Waals surface area contributed by atoms with Crippen LogP contribution in [-0.4, -0.2) is 29.8 Å². The summed E-state index contributed by atoms with van der Waals surface area (Å²) in [6, 6.07) is 4.00. The summed E-state index contributed by atoms with van der Waals surface area (Å²) < 4.78 is 11.4. The van der Waals surface area contributed by atoms with Crippen molar-refractivity contribution in [3.63, 3.8) is 0 Å². The molecule has 1 aliphatic rings. The molecule has 4 nitrogen and oxygen atoms in total. The zero-order valence-corrected chi connectivity index (χ0v) is 12.1. The van der Waals surface area contributed by atoms with Crippen molar-refractivity contribution >= 4 is 0 Å². The Morgan fingerprint density at radius 3 is 3.00 bits per heavy atom. The number of hydrogen-bond acceptors (Lipinski definition) is 4. The van der Waals surface area contributed by atoms with Gasteiger partial charge in [0.1, 0.15) is 6.61 Å². The van der Waals surface area contributed by atoms with Gasteiger partial charge in [0.25, 0.3) is 0 Å². The number of rotatable bonds is 5. The first kappa shape index (κ1) is 14.3. The molecule has 1 aliphatic heterocycles. The van der Waals surface area contributed by atoms with Crippen LogP contribution in [0.25, 0.3) is 0 Å². The monoisotopic (exact) mass is 264 g/mol. The molecule has 1 saturated heterocycles. The van der Waals surface area contributed by atoms with Crippen LogP contribution >= 0.6 is 0 Å². The molecule has 0 aliphatic carbocycles. The lowest BCUT2D eigenvalue weighted by Crippen LogP contribution is -2.35. The van der Waals surface area contributed by atoms with Crippen LogP contribution in [0.5, 0.6) is 5.88 Å². The predicted octanol–water partition coefficient (Wildman–Crippen LogP) is 2.53. The van der Waals surface area contributed by atoms with Crippen LogP contribution < -0.4 is 10.1 Å². The van der Waals surface area contributed by atoms with E-state index in [9.17, 15) is 0 Å². The van der Waals surface area contributed by atoms with Gasteiger partial charge in [-0.25, -0.2) is 4.98 Å². The molecular weight excluding hydrogens is 240 g/mol. The maximum Gasteiger partial charge on any atom is 0.217 e. The summed E-state index contributed by atoms with van der Waals surface area (Å²) >= 11 is 0. The molecule has 19 heavy (non-hydrogen) atoms. The molecule has 1 aromatic heterocycles. The summed E-state index contributed by atoms with van der Waals surface area (Å²) in [5, 5.41) is 3.46. The van der Waals surface area contributed by atoms with E-state index >= 15 is 0 Å². The fraction of sp³-hybridized carbons (Fsp3) is 0.667. The standard InChI is InChI=1S/C15H24N2O2/c1-15(2,3)17-10-12-6-4-8-16-14(12)19-11-13-7-5-9-18-13/h4,6,8,13,17H,5,7,9-11H2,1-3H3. The van der Waals surface area contributed by atoms with Crippen molar-refractivity contribution in [1.82, 2.24) is 10.3 Å². The summed E-state index contributed by atoms with van der Waals surface area (Å²) in [6.45, 7) is 8.66. The molecule has 1 fully saturated rings. The summed E-state index contributed by atoms with van der Waals surface area (Å²) in [4.78, 5) is 4.32. The molecule has 0 aromatic carbocycles. The maximum atomic E-state index is 5.81. The van der Waals surface area contributed by atoms with E-state index < -0.39 is 0 Å². The number of nitrogens with zero attached hydrogens (tertiary/aromatic N) is 1. The van der Waals surface area contributed by atoms with E-state index in [1.54, 1.807) is 6.20 Å². The Bertz CT molecular complexity index is 395. The summed E-state index contributed by atoms with van der Waals surface area (Å²) in [5.74, 6) is 0.717. The highest BCUT2D eigenvalue weighted by molar-refractivity contribution is 5.25. The molecule has 1 N–H and O–H groups in total. The fourth-order valence-electron chi connectivity index (χ4n) is 2.00. The van der Waals surface area contributed by atoms with Crippen LogP contribution in [0.15, 0.2) is 18.3 Å². The molecule has 1 atom stereocenters. The van der Waals surface area contributed by atoms with E-state index in [4.69, 9.17) is 9.47 Å². The second-order valence-electron chi connectivity index (χ2n) is 6.02. The zero-order valence-electron chi connectivity index (χ0n) is 12.1. The molecular formula is C15H24N2O2. The van der Waals surface area contributed by atoms with Gasteiger partial charge < -0.3 is 14.8 Å². The summed E-state index contributed by atoms with van der Waals surface area (Å²) in [6.07, 6.45) is 4.22. The SMILES string of the molecule is CC(C)(C)NCc1cccnc1OCC1CCCO1. The Labute approximate surface area is 115 Å². The third-order valence-corrected chi connectivity index (χ3v) is 3.09. The second-order valence-corrected chi connectivity index (χ2v) is 6.02. The average molecular weight is 264 g/mol. The van der Waals surface area contributed by atoms with Gasteiger partial charge >= 0.3 is 0 Å². The first-order valence-electron chi connectivity index (χ1n) is 6.98. The molecule has 0 radical (unpaired) electrons. The lowest BCUT2D eigenvalue weighted by atomic mass is 10.1.